The lowest BCUT2D eigenvalue weighted by Gasteiger charge is -2.32. The van der Waals surface area contributed by atoms with Gasteiger partial charge in [0.1, 0.15) is 17.3 Å². The van der Waals surface area contributed by atoms with Crippen molar-refractivity contribution in [1.29, 1.82) is 0 Å². The third-order valence-corrected chi connectivity index (χ3v) is 8.10. The molecule has 7 nitrogen and oxygen atoms in total. The van der Waals surface area contributed by atoms with Crippen molar-refractivity contribution in [2.24, 2.45) is 17.8 Å². The molecule has 4 atom stereocenters. The summed E-state index contributed by atoms with van der Waals surface area (Å²) in [4.78, 5) is 14.0. The molecule has 0 saturated carbocycles. The number of nitrogens with zero attached hydrogens (tertiary/aromatic N) is 1. The topological polar surface area (TPSA) is 87.7 Å². The Morgan fingerprint density at radius 2 is 2.03 bits per heavy atom. The monoisotopic (exact) mass is 542 g/mol. The zero-order chi connectivity index (χ0) is 27.1. The Bertz CT molecular complexity index is 1270. The van der Waals surface area contributed by atoms with E-state index in [-0.39, 0.29) is 40.5 Å². The number of rotatable bonds is 7. The number of benzene rings is 1. The van der Waals surface area contributed by atoms with E-state index in [2.05, 4.69) is 5.32 Å². The van der Waals surface area contributed by atoms with Crippen LogP contribution in [0.5, 0.6) is 5.75 Å². The Kier molecular flexibility index (Phi) is 7.44. The van der Waals surface area contributed by atoms with E-state index in [1.807, 2.05) is 13.8 Å². The summed E-state index contributed by atoms with van der Waals surface area (Å²) in [6.45, 7) is 4.40. The van der Waals surface area contributed by atoms with Gasteiger partial charge in [-0.25, -0.2) is 4.39 Å². The minimum atomic E-state index is -5.68. The molecule has 0 bridgehead atoms. The highest BCUT2D eigenvalue weighted by Gasteiger charge is 2.46. The van der Waals surface area contributed by atoms with Gasteiger partial charge < -0.3 is 15.0 Å². The maximum atomic E-state index is 15.3. The molecule has 12 heteroatoms. The number of ether oxygens (including phenoxy) is 1. The zero-order valence-electron chi connectivity index (χ0n) is 20.5. The van der Waals surface area contributed by atoms with Gasteiger partial charge in [0.25, 0.3) is 0 Å². The summed E-state index contributed by atoms with van der Waals surface area (Å²) >= 11 is 0. The first-order chi connectivity index (χ1) is 17.3. The standard InChI is InChI=1S/C25H28F4N3O4S/c1-4-14(2)16-6-5-7-21(22(16)26)36-20-9-8-15(31-37(34,35)25(27,28)29)12-18(20)19-13-32(3)24(33)23-17(19)10-11-30-23/h5-9,12-14,16-17,23,30-31H,4,10-11H2,1-3H3. The number of anilines is 1. The van der Waals surface area contributed by atoms with Gasteiger partial charge in [0, 0.05) is 36.3 Å². The molecule has 2 heterocycles. The van der Waals surface area contributed by atoms with Gasteiger partial charge in [-0.1, -0.05) is 32.4 Å². The predicted molar refractivity (Wildman–Crippen MR) is 131 cm³/mol. The minimum absolute atomic E-state index is 0.00760. The summed E-state index contributed by atoms with van der Waals surface area (Å²) in [6.07, 6.45) is 7.74. The second-order valence-corrected chi connectivity index (χ2v) is 11.1. The summed E-state index contributed by atoms with van der Waals surface area (Å²) in [6, 6.07) is 3.08. The fourth-order valence-corrected chi connectivity index (χ4v) is 5.31. The van der Waals surface area contributed by atoms with Crippen LogP contribution in [0.1, 0.15) is 32.3 Å². The summed E-state index contributed by atoms with van der Waals surface area (Å²) < 4.78 is 85.4. The molecular formula is C25H28F4N3O4S. The number of allylic oxidation sites excluding steroid dienone is 3. The number of sulfonamides is 1. The Morgan fingerprint density at radius 3 is 2.70 bits per heavy atom. The molecule has 1 aromatic carbocycles. The Labute approximate surface area is 213 Å². The normalized spacial score (nSPS) is 25.2. The van der Waals surface area contributed by atoms with E-state index in [4.69, 9.17) is 4.74 Å². The molecule has 1 radical (unpaired) electrons. The Balaban J connectivity index is 1.79. The van der Waals surface area contributed by atoms with Crippen LogP contribution < -0.4 is 14.8 Å². The van der Waals surface area contributed by atoms with Crippen molar-refractivity contribution < 1.29 is 35.5 Å². The molecule has 0 spiro atoms. The quantitative estimate of drug-likeness (QED) is 0.487. The molecule has 1 aromatic rings. The SMILES string of the molecule is CCC(C)C1C=C[CH]C(Oc2ccc(NS(=O)(=O)C(F)(F)F)cc2C2=CN(C)C(=O)C3NCCC23)=C1F. The first-order valence-corrected chi connectivity index (χ1v) is 13.4. The lowest BCUT2D eigenvalue weighted by Crippen LogP contribution is -2.46. The molecule has 3 aliphatic rings. The van der Waals surface area contributed by atoms with Gasteiger partial charge >= 0.3 is 15.5 Å². The highest BCUT2D eigenvalue weighted by atomic mass is 32.2. The maximum Gasteiger partial charge on any atom is 0.516 e. The molecular weight excluding hydrogens is 514 g/mol. The van der Waals surface area contributed by atoms with Crippen LogP contribution >= 0.6 is 0 Å². The van der Waals surface area contributed by atoms with Crippen LogP contribution in [0.2, 0.25) is 0 Å². The summed E-state index contributed by atoms with van der Waals surface area (Å²) in [5.41, 5.74) is -5.04. The lowest BCUT2D eigenvalue weighted by atomic mass is 9.84. The van der Waals surface area contributed by atoms with Crippen molar-refractivity contribution in [3.8, 4) is 5.75 Å². The molecule has 2 N–H and O–H groups in total. The lowest BCUT2D eigenvalue weighted by molar-refractivity contribution is -0.130. The number of hydrogen-bond acceptors (Lipinski definition) is 5. The fraction of sp³-hybridized carbons (Fsp3) is 0.440. The number of carbonyl (C=O) groups is 1. The fourth-order valence-electron chi connectivity index (χ4n) is 4.76. The zero-order valence-corrected chi connectivity index (χ0v) is 21.3. The van der Waals surface area contributed by atoms with E-state index < -0.39 is 33.3 Å². The third kappa shape index (κ3) is 5.26. The molecule has 1 aliphatic carbocycles. The number of hydrogen-bond donors (Lipinski definition) is 2. The highest BCUT2D eigenvalue weighted by molar-refractivity contribution is 7.93. The number of amides is 1. The summed E-state index contributed by atoms with van der Waals surface area (Å²) in [5, 5.41) is 3.13. The Hall–Kier alpha value is -2.86. The van der Waals surface area contributed by atoms with E-state index >= 15 is 4.39 Å². The molecule has 4 unspecified atom stereocenters. The van der Waals surface area contributed by atoms with Crippen LogP contribution in [0.25, 0.3) is 5.57 Å². The second kappa shape index (κ2) is 10.1. The van der Waals surface area contributed by atoms with Crippen molar-refractivity contribution in [3.05, 3.63) is 60.1 Å². The highest BCUT2D eigenvalue weighted by Crippen LogP contribution is 2.43. The van der Waals surface area contributed by atoms with Crippen LogP contribution in [-0.4, -0.2) is 44.4 Å². The first kappa shape index (κ1) is 27.2. The van der Waals surface area contributed by atoms with Crippen molar-refractivity contribution in [3.63, 3.8) is 0 Å². The van der Waals surface area contributed by atoms with E-state index in [0.717, 1.165) is 12.5 Å². The molecule has 1 fully saturated rings. The summed E-state index contributed by atoms with van der Waals surface area (Å²) in [7, 11) is -4.13. The number of fused-ring (bicyclic) bond motifs is 1. The molecule has 201 valence electrons. The molecule has 2 aliphatic heterocycles. The van der Waals surface area contributed by atoms with E-state index in [9.17, 15) is 26.4 Å². The van der Waals surface area contributed by atoms with E-state index in [0.29, 0.717) is 18.5 Å². The number of alkyl halides is 3. The number of halogens is 4. The third-order valence-electron chi connectivity index (χ3n) is 6.99. The minimum Gasteiger partial charge on any atom is -0.458 e. The van der Waals surface area contributed by atoms with Crippen LogP contribution in [-0.2, 0) is 14.8 Å². The van der Waals surface area contributed by atoms with Crippen molar-refractivity contribution in [2.45, 2.75) is 38.2 Å². The van der Waals surface area contributed by atoms with Gasteiger partial charge in [-0.2, -0.15) is 21.6 Å². The van der Waals surface area contributed by atoms with Gasteiger partial charge in [0.2, 0.25) is 5.91 Å². The van der Waals surface area contributed by atoms with Crippen molar-refractivity contribution in [1.82, 2.24) is 10.2 Å². The molecule has 37 heavy (non-hydrogen) atoms. The number of likely N-dealkylation sites (N-methyl/N-ethyl adjacent to an activating group) is 1. The summed E-state index contributed by atoms with van der Waals surface area (Å²) in [5.74, 6) is -1.38. The number of carbonyl (C=O) groups excluding carboxylic acids is 1. The predicted octanol–water partition coefficient (Wildman–Crippen LogP) is 4.74. The average Bonchev–Trinajstić information content (AvgIpc) is 3.32. The van der Waals surface area contributed by atoms with Gasteiger partial charge in [0.05, 0.1) is 12.5 Å². The average molecular weight is 543 g/mol. The second-order valence-electron chi connectivity index (χ2n) is 9.40. The van der Waals surface area contributed by atoms with E-state index in [1.165, 1.54) is 23.5 Å². The van der Waals surface area contributed by atoms with Gasteiger partial charge in [-0.05, 0) is 42.7 Å². The largest absolute Gasteiger partial charge is 0.516 e. The van der Waals surface area contributed by atoms with Crippen LogP contribution in [0.4, 0.5) is 23.2 Å². The smallest absolute Gasteiger partial charge is 0.458 e. The Morgan fingerprint density at radius 1 is 1.30 bits per heavy atom. The van der Waals surface area contributed by atoms with Crippen molar-refractivity contribution in [2.75, 3.05) is 18.3 Å². The van der Waals surface area contributed by atoms with Crippen LogP contribution in [0.3, 0.4) is 0 Å². The number of nitrogens with one attached hydrogen (secondary N) is 2. The van der Waals surface area contributed by atoms with Crippen LogP contribution in [0.15, 0.2) is 48.1 Å². The molecule has 1 saturated heterocycles. The maximum absolute atomic E-state index is 15.3. The van der Waals surface area contributed by atoms with Gasteiger partial charge in [-0.15, -0.1) is 0 Å². The van der Waals surface area contributed by atoms with Gasteiger partial charge in [-0.3, -0.25) is 9.52 Å². The molecule has 0 aromatic heterocycles. The molecule has 1 amide bonds. The molecule has 4 rings (SSSR count). The van der Waals surface area contributed by atoms with Gasteiger partial charge in [0.15, 0.2) is 0 Å². The van der Waals surface area contributed by atoms with Crippen LogP contribution in [0, 0.1) is 24.2 Å². The van der Waals surface area contributed by atoms with Crippen molar-refractivity contribution >= 4 is 27.2 Å². The first-order valence-electron chi connectivity index (χ1n) is 11.9. The van der Waals surface area contributed by atoms with E-state index in [1.54, 1.807) is 30.1 Å².